The molecule has 0 atom stereocenters. The van der Waals surface area contributed by atoms with Crippen LogP contribution in [0.1, 0.15) is 17.3 Å². The number of nitrogens with zero attached hydrogens (tertiary/aromatic N) is 1. The first-order valence-electron chi connectivity index (χ1n) is 7.46. The maximum Gasteiger partial charge on any atom is 0.261 e. The van der Waals surface area contributed by atoms with Crippen molar-refractivity contribution in [3.05, 3.63) is 58.4 Å². The summed E-state index contributed by atoms with van der Waals surface area (Å²) >= 11 is 0. The Bertz CT molecular complexity index is 1170. The minimum atomic E-state index is -0.308. The lowest BCUT2D eigenvalue weighted by molar-refractivity contribution is 0.101. The highest BCUT2D eigenvalue weighted by Crippen LogP contribution is 2.28. The molecule has 0 aliphatic carbocycles. The predicted molar refractivity (Wildman–Crippen MR) is 94.1 cm³/mol. The minimum Gasteiger partial charge on any atom is -0.397 e. The second-order valence-electron chi connectivity index (χ2n) is 5.66. The van der Waals surface area contributed by atoms with E-state index in [0.29, 0.717) is 39.2 Å². The van der Waals surface area contributed by atoms with E-state index in [2.05, 4.69) is 15.0 Å². The number of benzene rings is 2. The number of Topliss-reactive ketones (excluding diaryl/α,β-unsaturated/α-hetero) is 1. The first-order valence-corrected chi connectivity index (χ1v) is 7.46. The average molecular weight is 318 g/mol. The first-order chi connectivity index (χ1) is 11.5. The van der Waals surface area contributed by atoms with E-state index in [1.54, 1.807) is 24.3 Å². The molecule has 0 amide bonds. The third kappa shape index (κ3) is 2.08. The molecule has 2 aromatic heterocycles. The van der Waals surface area contributed by atoms with Crippen LogP contribution in [0, 0.1) is 0 Å². The number of fused-ring (bicyclic) bond motifs is 2. The lowest BCUT2D eigenvalue weighted by Crippen LogP contribution is -2.13. The van der Waals surface area contributed by atoms with E-state index in [0.717, 1.165) is 5.39 Å². The van der Waals surface area contributed by atoms with Crippen molar-refractivity contribution in [3.63, 3.8) is 0 Å². The third-order valence-corrected chi connectivity index (χ3v) is 4.09. The number of imidazole rings is 1. The monoisotopic (exact) mass is 318 g/mol. The van der Waals surface area contributed by atoms with Crippen LogP contribution < -0.4 is 11.3 Å². The molecule has 4 rings (SSSR count). The molecule has 0 aliphatic heterocycles. The van der Waals surface area contributed by atoms with Gasteiger partial charge in [0.25, 0.3) is 5.56 Å². The van der Waals surface area contributed by atoms with Crippen LogP contribution >= 0.6 is 0 Å². The molecular formula is C18H14N4O2. The molecule has 0 saturated heterocycles. The Hall–Kier alpha value is -3.41. The van der Waals surface area contributed by atoms with Gasteiger partial charge in [0.15, 0.2) is 5.78 Å². The van der Waals surface area contributed by atoms with Crippen molar-refractivity contribution in [1.82, 2.24) is 15.0 Å². The number of hydrogen-bond donors (Lipinski definition) is 3. The van der Waals surface area contributed by atoms with E-state index < -0.39 is 0 Å². The smallest absolute Gasteiger partial charge is 0.261 e. The van der Waals surface area contributed by atoms with Crippen LogP contribution in [0.5, 0.6) is 0 Å². The summed E-state index contributed by atoms with van der Waals surface area (Å²) in [6.45, 7) is 1.50. The van der Waals surface area contributed by atoms with Crippen molar-refractivity contribution in [2.24, 2.45) is 0 Å². The van der Waals surface area contributed by atoms with Gasteiger partial charge in [-0.05, 0) is 31.2 Å². The molecule has 4 aromatic rings. The molecule has 0 saturated carbocycles. The molecule has 0 radical (unpaired) electrons. The number of rotatable bonds is 2. The fourth-order valence-corrected chi connectivity index (χ4v) is 2.85. The van der Waals surface area contributed by atoms with Crippen LogP contribution in [-0.2, 0) is 0 Å². The second kappa shape index (κ2) is 5.06. The summed E-state index contributed by atoms with van der Waals surface area (Å²) in [6.07, 6.45) is 0. The Kier molecular flexibility index (Phi) is 2.99. The Labute approximate surface area is 136 Å². The Balaban J connectivity index is 1.99. The third-order valence-electron chi connectivity index (χ3n) is 4.09. The van der Waals surface area contributed by atoms with Gasteiger partial charge in [-0.2, -0.15) is 0 Å². The number of aromatic nitrogens is 3. The largest absolute Gasteiger partial charge is 0.397 e. The van der Waals surface area contributed by atoms with Crippen molar-refractivity contribution in [3.8, 4) is 11.4 Å². The number of anilines is 1. The molecule has 118 valence electrons. The summed E-state index contributed by atoms with van der Waals surface area (Å²) < 4.78 is 0. The quantitative estimate of drug-likeness (QED) is 0.494. The van der Waals surface area contributed by atoms with E-state index >= 15 is 0 Å². The zero-order valence-electron chi connectivity index (χ0n) is 12.9. The molecule has 24 heavy (non-hydrogen) atoms. The average Bonchev–Trinajstić information content (AvgIpc) is 2.97. The SMILES string of the molecule is CC(=O)c1ccc2nc(-c3c(N)c4ccccc4[nH]c3=O)[nH]c2c1. The number of nitrogens with two attached hydrogens (primary N) is 1. The molecule has 0 bridgehead atoms. The number of carbonyl (C=O) groups is 1. The number of hydrogen-bond acceptors (Lipinski definition) is 4. The van der Waals surface area contributed by atoms with Crippen molar-refractivity contribution in [1.29, 1.82) is 0 Å². The summed E-state index contributed by atoms with van der Waals surface area (Å²) in [5.41, 5.74) is 9.20. The highest BCUT2D eigenvalue weighted by atomic mass is 16.1. The maximum atomic E-state index is 12.5. The van der Waals surface area contributed by atoms with Crippen molar-refractivity contribution in [2.45, 2.75) is 6.92 Å². The number of para-hydroxylation sites is 1. The van der Waals surface area contributed by atoms with Crippen LogP contribution in [0.15, 0.2) is 47.3 Å². The van der Waals surface area contributed by atoms with E-state index in [9.17, 15) is 9.59 Å². The Morgan fingerprint density at radius 2 is 1.88 bits per heavy atom. The lowest BCUT2D eigenvalue weighted by Gasteiger charge is -2.06. The molecule has 0 spiro atoms. The number of nitrogen functional groups attached to an aromatic ring is 1. The summed E-state index contributed by atoms with van der Waals surface area (Å²) in [5.74, 6) is 0.353. The molecule has 2 heterocycles. The van der Waals surface area contributed by atoms with Gasteiger partial charge in [-0.25, -0.2) is 4.98 Å². The number of nitrogens with one attached hydrogen (secondary N) is 2. The van der Waals surface area contributed by atoms with Crippen LogP contribution in [-0.4, -0.2) is 20.7 Å². The van der Waals surface area contributed by atoms with Crippen LogP contribution in [0.4, 0.5) is 5.69 Å². The maximum absolute atomic E-state index is 12.5. The van der Waals surface area contributed by atoms with Gasteiger partial charge in [-0.1, -0.05) is 18.2 Å². The molecule has 6 nitrogen and oxygen atoms in total. The Morgan fingerprint density at radius 1 is 1.08 bits per heavy atom. The zero-order chi connectivity index (χ0) is 16.8. The van der Waals surface area contributed by atoms with Crippen LogP contribution in [0.2, 0.25) is 0 Å². The zero-order valence-corrected chi connectivity index (χ0v) is 12.9. The number of aromatic amines is 2. The van der Waals surface area contributed by atoms with E-state index in [4.69, 9.17) is 5.73 Å². The van der Waals surface area contributed by atoms with Gasteiger partial charge in [0.2, 0.25) is 0 Å². The number of H-pyrrole nitrogens is 2. The molecule has 6 heteroatoms. The van der Waals surface area contributed by atoms with Crippen molar-refractivity contribution in [2.75, 3.05) is 5.73 Å². The van der Waals surface area contributed by atoms with Crippen LogP contribution in [0.3, 0.4) is 0 Å². The molecule has 0 fully saturated rings. The van der Waals surface area contributed by atoms with Gasteiger partial charge in [-0.3, -0.25) is 9.59 Å². The van der Waals surface area contributed by atoms with Gasteiger partial charge in [0.1, 0.15) is 11.4 Å². The minimum absolute atomic E-state index is 0.0314. The Morgan fingerprint density at radius 3 is 2.67 bits per heavy atom. The normalized spacial score (nSPS) is 11.2. The van der Waals surface area contributed by atoms with E-state index in [1.165, 1.54) is 6.92 Å². The van der Waals surface area contributed by atoms with Crippen molar-refractivity contribution < 1.29 is 4.79 Å². The van der Waals surface area contributed by atoms with Gasteiger partial charge in [0, 0.05) is 10.9 Å². The number of pyridine rings is 1. The molecule has 4 N–H and O–H groups in total. The van der Waals surface area contributed by atoms with Crippen LogP contribution in [0.25, 0.3) is 33.3 Å². The fourth-order valence-electron chi connectivity index (χ4n) is 2.85. The lowest BCUT2D eigenvalue weighted by atomic mass is 10.1. The topological polar surface area (TPSA) is 105 Å². The summed E-state index contributed by atoms with van der Waals surface area (Å²) in [4.78, 5) is 34.3. The number of carbonyl (C=O) groups excluding carboxylic acids is 1. The number of ketones is 1. The fraction of sp³-hybridized carbons (Fsp3) is 0.0556. The predicted octanol–water partition coefficient (Wildman–Crippen LogP) is 2.86. The van der Waals surface area contributed by atoms with Gasteiger partial charge in [0.05, 0.1) is 22.2 Å². The van der Waals surface area contributed by atoms with Gasteiger partial charge < -0.3 is 15.7 Å². The standard InChI is InChI=1S/C18H14N4O2/c1-9(23)10-6-7-13-14(8-10)21-17(20-13)15-16(19)11-4-2-3-5-12(11)22-18(15)24/h2-8H,1H3,(H,20,21)(H3,19,22,24). The summed E-state index contributed by atoms with van der Waals surface area (Å²) in [5, 5.41) is 0.761. The summed E-state index contributed by atoms with van der Waals surface area (Å²) in [7, 11) is 0. The highest BCUT2D eigenvalue weighted by molar-refractivity contribution is 5.99. The molecule has 0 unspecified atom stereocenters. The first kappa shape index (κ1) is 14.2. The van der Waals surface area contributed by atoms with E-state index in [-0.39, 0.29) is 11.3 Å². The molecular weight excluding hydrogens is 304 g/mol. The van der Waals surface area contributed by atoms with Gasteiger partial charge in [-0.15, -0.1) is 0 Å². The molecule has 2 aromatic carbocycles. The van der Waals surface area contributed by atoms with Crippen molar-refractivity contribution >= 4 is 33.4 Å². The molecule has 0 aliphatic rings. The van der Waals surface area contributed by atoms with E-state index in [1.807, 2.05) is 18.2 Å². The summed E-state index contributed by atoms with van der Waals surface area (Å²) in [6, 6.07) is 12.5. The second-order valence-corrected chi connectivity index (χ2v) is 5.66. The van der Waals surface area contributed by atoms with Gasteiger partial charge >= 0.3 is 0 Å². The highest BCUT2D eigenvalue weighted by Gasteiger charge is 2.16.